The highest BCUT2D eigenvalue weighted by Crippen LogP contribution is 2.34. The Balaban J connectivity index is 1.62. The Morgan fingerprint density at radius 2 is 2.25 bits per heavy atom. The fourth-order valence-electron chi connectivity index (χ4n) is 3.59. The number of rotatable bonds is 2. The van der Waals surface area contributed by atoms with E-state index in [-0.39, 0.29) is 5.56 Å². The van der Waals surface area contributed by atoms with Crippen LogP contribution in [-0.4, -0.2) is 18.9 Å². The summed E-state index contributed by atoms with van der Waals surface area (Å²) < 4.78 is 3.69. The second kappa shape index (κ2) is 5.01. The smallest absolute Gasteiger partial charge is 0.262 e. The fraction of sp³-hybridized carbons (Fsp3) is 0.278. The number of aryl methyl sites for hydroxylation is 3. The number of imidazole rings is 1. The Labute approximate surface area is 142 Å². The third kappa shape index (κ3) is 1.96. The molecule has 4 heterocycles. The van der Waals surface area contributed by atoms with E-state index in [1.165, 1.54) is 10.4 Å². The van der Waals surface area contributed by atoms with Crippen LogP contribution in [0, 0.1) is 6.92 Å². The average Bonchev–Trinajstić information content (AvgIpc) is 3.24. The predicted molar refractivity (Wildman–Crippen MR) is 94.9 cm³/mol. The zero-order valence-corrected chi connectivity index (χ0v) is 14.1. The number of pyridine rings is 1. The molecule has 4 aromatic rings. The molecule has 0 fully saturated rings. The molecule has 6 heteroatoms. The molecule has 5 nitrogen and oxygen atoms in total. The predicted octanol–water partition coefficient (Wildman–Crippen LogP) is 2.95. The molecule has 5 rings (SSSR count). The van der Waals surface area contributed by atoms with Gasteiger partial charge in [0, 0.05) is 17.3 Å². The van der Waals surface area contributed by atoms with Crippen LogP contribution in [0.4, 0.5) is 0 Å². The highest BCUT2D eigenvalue weighted by Gasteiger charge is 2.21. The average molecular weight is 336 g/mol. The van der Waals surface area contributed by atoms with Crippen LogP contribution >= 0.6 is 11.3 Å². The first-order chi connectivity index (χ1) is 11.7. The Bertz CT molecular complexity index is 1150. The van der Waals surface area contributed by atoms with E-state index in [1.54, 1.807) is 22.2 Å². The Morgan fingerprint density at radius 3 is 3.12 bits per heavy atom. The summed E-state index contributed by atoms with van der Waals surface area (Å²) in [6, 6.07) is 4.04. The minimum atomic E-state index is 0.0631. The molecule has 0 atom stereocenters. The highest BCUT2D eigenvalue weighted by atomic mass is 32.1. The van der Waals surface area contributed by atoms with Gasteiger partial charge in [0.25, 0.3) is 5.56 Å². The van der Waals surface area contributed by atoms with Gasteiger partial charge in [0.05, 0.1) is 24.0 Å². The summed E-state index contributed by atoms with van der Waals surface area (Å²) >= 11 is 1.68. The maximum atomic E-state index is 12.9. The lowest BCUT2D eigenvalue weighted by Gasteiger charge is -2.03. The van der Waals surface area contributed by atoms with Crippen LogP contribution in [0.2, 0.25) is 0 Å². The van der Waals surface area contributed by atoms with Crippen molar-refractivity contribution in [3.05, 3.63) is 62.9 Å². The van der Waals surface area contributed by atoms with E-state index in [0.29, 0.717) is 6.54 Å². The van der Waals surface area contributed by atoms with E-state index < -0.39 is 0 Å². The Hall–Kier alpha value is -2.47. The standard InChI is InChI=1S/C18H16N4OS/c1-11-4-3-7-21-8-12(20-16(11)21)9-22-10-19-17-15(18(22)23)13-5-2-6-14(13)24-17/h3-4,7-8,10H,2,5-6,9H2,1H3. The van der Waals surface area contributed by atoms with Crippen molar-refractivity contribution in [2.45, 2.75) is 32.7 Å². The van der Waals surface area contributed by atoms with Crippen LogP contribution in [-0.2, 0) is 19.4 Å². The summed E-state index contributed by atoms with van der Waals surface area (Å²) in [7, 11) is 0. The number of nitrogens with zero attached hydrogens (tertiary/aromatic N) is 4. The first-order valence-corrected chi connectivity index (χ1v) is 8.95. The van der Waals surface area contributed by atoms with E-state index in [4.69, 9.17) is 0 Å². The molecule has 0 bridgehead atoms. The molecule has 120 valence electrons. The molecule has 24 heavy (non-hydrogen) atoms. The molecule has 0 aliphatic heterocycles. The number of fused-ring (bicyclic) bond motifs is 4. The maximum Gasteiger partial charge on any atom is 0.262 e. The molecular weight excluding hydrogens is 320 g/mol. The zero-order chi connectivity index (χ0) is 16.3. The molecule has 0 amide bonds. The molecule has 1 aliphatic rings. The second-order valence-corrected chi connectivity index (χ2v) is 7.45. The SMILES string of the molecule is Cc1cccn2cc(Cn3cnc4sc5c(c4c3=O)CCC5)nc12. The van der Waals surface area contributed by atoms with Gasteiger partial charge in [-0.05, 0) is 43.4 Å². The van der Waals surface area contributed by atoms with Gasteiger partial charge in [-0.15, -0.1) is 11.3 Å². The summed E-state index contributed by atoms with van der Waals surface area (Å²) in [5.74, 6) is 0. The van der Waals surface area contributed by atoms with Crippen LogP contribution in [0.25, 0.3) is 15.9 Å². The topological polar surface area (TPSA) is 52.2 Å². The lowest BCUT2D eigenvalue weighted by molar-refractivity contribution is 0.734. The Kier molecular flexibility index (Phi) is 2.91. The number of aromatic nitrogens is 4. The van der Waals surface area contributed by atoms with Gasteiger partial charge in [0.2, 0.25) is 0 Å². The molecular formula is C18H16N4OS. The minimum absolute atomic E-state index is 0.0631. The molecule has 0 N–H and O–H groups in total. The van der Waals surface area contributed by atoms with Gasteiger partial charge in [-0.1, -0.05) is 6.07 Å². The van der Waals surface area contributed by atoms with E-state index in [1.807, 2.05) is 35.9 Å². The first kappa shape index (κ1) is 13.9. The van der Waals surface area contributed by atoms with Gasteiger partial charge in [0.15, 0.2) is 0 Å². The molecule has 0 spiro atoms. The minimum Gasteiger partial charge on any atom is -0.307 e. The third-order valence-corrected chi connectivity index (χ3v) is 5.95. The van der Waals surface area contributed by atoms with Gasteiger partial charge >= 0.3 is 0 Å². The van der Waals surface area contributed by atoms with Gasteiger partial charge in [-0.3, -0.25) is 9.36 Å². The summed E-state index contributed by atoms with van der Waals surface area (Å²) in [6.07, 6.45) is 8.86. The quantitative estimate of drug-likeness (QED) is 0.565. The van der Waals surface area contributed by atoms with Crippen LogP contribution in [0.3, 0.4) is 0 Å². The summed E-state index contributed by atoms with van der Waals surface area (Å²) in [5, 5.41) is 0.829. The van der Waals surface area contributed by atoms with Crippen LogP contribution in [0.1, 0.15) is 28.1 Å². The first-order valence-electron chi connectivity index (χ1n) is 8.13. The summed E-state index contributed by atoms with van der Waals surface area (Å²) in [4.78, 5) is 24.3. The van der Waals surface area contributed by atoms with Crippen molar-refractivity contribution < 1.29 is 0 Å². The van der Waals surface area contributed by atoms with Crippen molar-refractivity contribution in [2.24, 2.45) is 0 Å². The third-order valence-electron chi connectivity index (χ3n) is 4.75. The van der Waals surface area contributed by atoms with Crippen molar-refractivity contribution in [2.75, 3.05) is 0 Å². The normalized spacial score (nSPS) is 13.9. The second-order valence-electron chi connectivity index (χ2n) is 6.37. The van der Waals surface area contributed by atoms with Crippen molar-refractivity contribution >= 4 is 27.2 Å². The number of thiophene rings is 1. The van der Waals surface area contributed by atoms with Crippen molar-refractivity contribution in [1.29, 1.82) is 0 Å². The van der Waals surface area contributed by atoms with Crippen LogP contribution in [0.15, 0.2) is 35.6 Å². The lowest BCUT2D eigenvalue weighted by Crippen LogP contribution is -2.21. The van der Waals surface area contributed by atoms with Crippen LogP contribution < -0.4 is 5.56 Å². The van der Waals surface area contributed by atoms with Gasteiger partial charge in [-0.2, -0.15) is 0 Å². The largest absolute Gasteiger partial charge is 0.307 e. The molecule has 0 saturated heterocycles. The van der Waals surface area contributed by atoms with E-state index in [9.17, 15) is 4.79 Å². The maximum absolute atomic E-state index is 12.9. The van der Waals surface area contributed by atoms with E-state index in [2.05, 4.69) is 9.97 Å². The van der Waals surface area contributed by atoms with Crippen molar-refractivity contribution in [3.8, 4) is 0 Å². The van der Waals surface area contributed by atoms with E-state index >= 15 is 0 Å². The van der Waals surface area contributed by atoms with Crippen molar-refractivity contribution in [1.82, 2.24) is 18.9 Å². The van der Waals surface area contributed by atoms with Crippen molar-refractivity contribution in [3.63, 3.8) is 0 Å². The van der Waals surface area contributed by atoms with Gasteiger partial charge in [-0.25, -0.2) is 9.97 Å². The number of hydrogen-bond donors (Lipinski definition) is 0. The highest BCUT2D eigenvalue weighted by molar-refractivity contribution is 7.18. The molecule has 0 unspecified atom stereocenters. The Morgan fingerprint density at radius 1 is 1.33 bits per heavy atom. The summed E-state index contributed by atoms with van der Waals surface area (Å²) in [6.45, 7) is 2.49. The molecule has 1 aliphatic carbocycles. The molecule has 0 aromatic carbocycles. The lowest BCUT2D eigenvalue weighted by atomic mass is 10.2. The van der Waals surface area contributed by atoms with E-state index in [0.717, 1.165) is 46.4 Å². The molecule has 0 saturated carbocycles. The molecule has 0 radical (unpaired) electrons. The fourth-order valence-corrected chi connectivity index (χ4v) is 4.81. The van der Waals surface area contributed by atoms with Gasteiger partial charge < -0.3 is 4.40 Å². The number of hydrogen-bond acceptors (Lipinski definition) is 4. The zero-order valence-electron chi connectivity index (χ0n) is 13.3. The molecule has 4 aromatic heterocycles. The monoisotopic (exact) mass is 336 g/mol. The summed E-state index contributed by atoms with van der Waals surface area (Å²) in [5.41, 5.74) is 4.23. The van der Waals surface area contributed by atoms with Crippen LogP contribution in [0.5, 0.6) is 0 Å². The van der Waals surface area contributed by atoms with Gasteiger partial charge in [0.1, 0.15) is 10.5 Å².